The topological polar surface area (TPSA) is 43.6 Å². The first kappa shape index (κ1) is 8.65. The molecule has 2 rings (SSSR count). The van der Waals surface area contributed by atoms with Crippen LogP contribution in [-0.2, 0) is 7.05 Å². The van der Waals surface area contributed by atoms with E-state index in [4.69, 9.17) is 11.6 Å². The van der Waals surface area contributed by atoms with Crippen LogP contribution in [0.15, 0.2) is 6.20 Å². The summed E-state index contributed by atoms with van der Waals surface area (Å²) in [6.07, 6.45) is 1.77. The van der Waals surface area contributed by atoms with Crippen LogP contribution in [0.2, 0.25) is 4.47 Å². The maximum absolute atomic E-state index is 5.69. The minimum atomic E-state index is 0.457. The van der Waals surface area contributed by atoms with Gasteiger partial charge in [-0.25, -0.2) is 0 Å². The van der Waals surface area contributed by atoms with Gasteiger partial charge in [-0.2, -0.15) is 5.10 Å². The molecule has 2 heterocycles. The van der Waals surface area contributed by atoms with Crippen molar-refractivity contribution in [1.82, 2.24) is 20.0 Å². The summed E-state index contributed by atoms with van der Waals surface area (Å²) < 4.78 is 2.25. The molecular weight excluding hydrogens is 208 g/mol. The molecule has 4 nitrogen and oxygen atoms in total. The Morgan fingerprint density at radius 3 is 2.69 bits per heavy atom. The van der Waals surface area contributed by atoms with Gasteiger partial charge >= 0.3 is 0 Å². The van der Waals surface area contributed by atoms with E-state index in [2.05, 4.69) is 15.3 Å². The highest BCUT2D eigenvalue weighted by Crippen LogP contribution is 2.27. The van der Waals surface area contributed by atoms with Crippen LogP contribution < -0.4 is 0 Å². The van der Waals surface area contributed by atoms with Crippen molar-refractivity contribution >= 4 is 22.9 Å². The highest BCUT2D eigenvalue weighted by Gasteiger charge is 2.10. The second-order valence-corrected chi connectivity index (χ2v) is 4.19. The van der Waals surface area contributed by atoms with Gasteiger partial charge in [0.05, 0.1) is 11.8 Å². The molecule has 0 bridgehead atoms. The maximum atomic E-state index is 5.69. The van der Waals surface area contributed by atoms with E-state index in [0.29, 0.717) is 4.47 Å². The lowest BCUT2D eigenvalue weighted by atomic mass is 10.3. The molecule has 2 aromatic heterocycles. The van der Waals surface area contributed by atoms with Crippen LogP contribution in [0.3, 0.4) is 0 Å². The molecule has 0 amide bonds. The Kier molecular flexibility index (Phi) is 2.05. The molecule has 0 radical (unpaired) electrons. The lowest BCUT2D eigenvalue weighted by Gasteiger charge is -1.93. The second kappa shape index (κ2) is 3.08. The summed E-state index contributed by atoms with van der Waals surface area (Å²) in [6.45, 7) is 1.98. The van der Waals surface area contributed by atoms with Crippen LogP contribution in [-0.4, -0.2) is 20.0 Å². The zero-order valence-corrected chi connectivity index (χ0v) is 8.72. The number of aromatic nitrogens is 4. The number of nitrogens with zero attached hydrogens (tertiary/aromatic N) is 4. The largest absolute Gasteiger partial charge is 0.272 e. The molecule has 0 atom stereocenters. The molecule has 0 fully saturated rings. The van der Waals surface area contributed by atoms with E-state index in [9.17, 15) is 0 Å². The van der Waals surface area contributed by atoms with E-state index in [1.165, 1.54) is 11.3 Å². The summed E-state index contributed by atoms with van der Waals surface area (Å²) >= 11 is 7.05. The summed E-state index contributed by atoms with van der Waals surface area (Å²) in [5.74, 6) is 0. The fourth-order valence-electron chi connectivity index (χ4n) is 1.02. The maximum Gasteiger partial charge on any atom is 0.207 e. The van der Waals surface area contributed by atoms with Crippen molar-refractivity contribution in [2.45, 2.75) is 6.92 Å². The average molecular weight is 215 g/mol. The van der Waals surface area contributed by atoms with Gasteiger partial charge < -0.3 is 0 Å². The summed E-state index contributed by atoms with van der Waals surface area (Å²) in [7, 11) is 1.89. The Balaban J connectivity index is 2.52. The zero-order valence-electron chi connectivity index (χ0n) is 7.15. The van der Waals surface area contributed by atoms with Gasteiger partial charge in [-0.3, -0.25) is 4.68 Å². The lowest BCUT2D eigenvalue weighted by molar-refractivity contribution is 0.740. The van der Waals surface area contributed by atoms with Crippen molar-refractivity contribution in [1.29, 1.82) is 0 Å². The van der Waals surface area contributed by atoms with E-state index in [1.807, 2.05) is 14.0 Å². The molecule has 0 saturated carbocycles. The SMILES string of the molecule is Cc1c(-c2nnc(Cl)s2)cnn1C. The molecule has 0 saturated heterocycles. The van der Waals surface area contributed by atoms with Crippen molar-refractivity contribution in [3.05, 3.63) is 16.4 Å². The van der Waals surface area contributed by atoms with Gasteiger partial charge in [-0.05, 0) is 18.5 Å². The van der Waals surface area contributed by atoms with Gasteiger partial charge in [-0.15, -0.1) is 10.2 Å². The summed E-state index contributed by atoms with van der Waals surface area (Å²) in [4.78, 5) is 0. The predicted molar refractivity (Wildman–Crippen MR) is 51.9 cm³/mol. The first-order valence-electron chi connectivity index (χ1n) is 3.66. The lowest BCUT2D eigenvalue weighted by Crippen LogP contribution is -1.92. The standard InChI is InChI=1S/C7H7ClN4S/c1-4-5(3-9-12(4)2)6-10-11-7(8)13-6/h3H,1-2H3. The molecular formula is C7H7ClN4S. The molecule has 0 spiro atoms. The van der Waals surface area contributed by atoms with E-state index in [0.717, 1.165) is 16.3 Å². The Labute approximate surface area is 84.2 Å². The smallest absolute Gasteiger partial charge is 0.207 e. The Morgan fingerprint density at radius 1 is 1.46 bits per heavy atom. The number of hydrogen-bond donors (Lipinski definition) is 0. The van der Waals surface area contributed by atoms with Crippen LogP contribution in [0.25, 0.3) is 10.6 Å². The first-order valence-corrected chi connectivity index (χ1v) is 4.86. The number of rotatable bonds is 1. The van der Waals surface area contributed by atoms with Gasteiger partial charge in [0.25, 0.3) is 0 Å². The summed E-state index contributed by atoms with van der Waals surface area (Å²) in [5, 5.41) is 12.6. The highest BCUT2D eigenvalue weighted by molar-refractivity contribution is 7.18. The van der Waals surface area contributed by atoms with Crippen LogP contribution in [0.5, 0.6) is 0 Å². The highest BCUT2D eigenvalue weighted by atomic mass is 35.5. The number of hydrogen-bond acceptors (Lipinski definition) is 4. The molecule has 6 heteroatoms. The normalized spacial score (nSPS) is 10.7. The van der Waals surface area contributed by atoms with Gasteiger partial charge in [0.15, 0.2) is 5.01 Å². The van der Waals surface area contributed by atoms with Gasteiger partial charge in [0, 0.05) is 12.7 Å². The van der Waals surface area contributed by atoms with Crippen molar-refractivity contribution in [2.24, 2.45) is 7.05 Å². The monoisotopic (exact) mass is 214 g/mol. The van der Waals surface area contributed by atoms with Gasteiger partial charge in [0.2, 0.25) is 4.47 Å². The van der Waals surface area contributed by atoms with Crippen molar-refractivity contribution in [3.63, 3.8) is 0 Å². The number of halogens is 1. The van der Waals surface area contributed by atoms with Gasteiger partial charge in [0.1, 0.15) is 0 Å². The second-order valence-electron chi connectivity index (χ2n) is 2.63. The fraction of sp³-hybridized carbons (Fsp3) is 0.286. The third-order valence-electron chi connectivity index (χ3n) is 1.87. The van der Waals surface area contributed by atoms with E-state index >= 15 is 0 Å². The average Bonchev–Trinajstić information content (AvgIpc) is 2.62. The molecule has 0 aromatic carbocycles. The first-order chi connectivity index (χ1) is 6.18. The summed E-state index contributed by atoms with van der Waals surface area (Å²) in [5.41, 5.74) is 2.06. The molecule has 0 unspecified atom stereocenters. The van der Waals surface area contributed by atoms with E-state index in [1.54, 1.807) is 10.9 Å². The molecule has 68 valence electrons. The van der Waals surface area contributed by atoms with E-state index < -0.39 is 0 Å². The molecule has 2 aromatic rings. The van der Waals surface area contributed by atoms with Crippen molar-refractivity contribution < 1.29 is 0 Å². The minimum absolute atomic E-state index is 0.457. The molecule has 0 N–H and O–H groups in total. The Hall–Kier alpha value is -0.940. The third-order valence-corrected chi connectivity index (χ3v) is 2.92. The van der Waals surface area contributed by atoms with Crippen LogP contribution in [0.1, 0.15) is 5.69 Å². The Morgan fingerprint density at radius 2 is 2.23 bits per heavy atom. The van der Waals surface area contributed by atoms with E-state index in [-0.39, 0.29) is 0 Å². The van der Waals surface area contributed by atoms with Crippen LogP contribution in [0.4, 0.5) is 0 Å². The van der Waals surface area contributed by atoms with Crippen LogP contribution in [0, 0.1) is 6.92 Å². The third kappa shape index (κ3) is 1.45. The van der Waals surface area contributed by atoms with Crippen molar-refractivity contribution in [3.8, 4) is 10.6 Å². The number of aryl methyl sites for hydroxylation is 1. The van der Waals surface area contributed by atoms with Crippen LogP contribution >= 0.6 is 22.9 Å². The Bertz CT molecular complexity index is 433. The summed E-state index contributed by atoms with van der Waals surface area (Å²) in [6, 6.07) is 0. The zero-order chi connectivity index (χ0) is 9.42. The fourth-order valence-corrected chi connectivity index (χ4v) is 1.91. The minimum Gasteiger partial charge on any atom is -0.272 e. The molecule has 0 aliphatic carbocycles. The quantitative estimate of drug-likeness (QED) is 0.728. The van der Waals surface area contributed by atoms with Crippen molar-refractivity contribution in [2.75, 3.05) is 0 Å². The molecule has 0 aliphatic heterocycles. The van der Waals surface area contributed by atoms with Gasteiger partial charge in [-0.1, -0.05) is 11.3 Å². The predicted octanol–water partition coefficient (Wildman–Crippen LogP) is 1.90. The molecule has 13 heavy (non-hydrogen) atoms. The molecule has 0 aliphatic rings.